The highest BCUT2D eigenvalue weighted by Gasteiger charge is 2.25. The van der Waals surface area contributed by atoms with Crippen LogP contribution >= 0.6 is 0 Å². The second-order valence-electron chi connectivity index (χ2n) is 5.03. The van der Waals surface area contributed by atoms with Crippen LogP contribution < -0.4 is 0 Å². The number of halogens is 5. The van der Waals surface area contributed by atoms with E-state index in [0.29, 0.717) is 0 Å². The molecular weight excluding hydrogens is 313 g/mol. The Morgan fingerprint density at radius 3 is 1.86 bits per heavy atom. The van der Waals surface area contributed by atoms with Crippen LogP contribution in [0.1, 0.15) is 5.56 Å². The summed E-state index contributed by atoms with van der Waals surface area (Å²) in [6.07, 6.45) is 1.20. The molecule has 0 amide bonds. The molecule has 0 saturated heterocycles. The van der Waals surface area contributed by atoms with E-state index >= 15 is 0 Å². The minimum Gasteiger partial charge on any atom is -0.412 e. The zero-order valence-electron chi connectivity index (χ0n) is 11.6. The maximum Gasteiger partial charge on any atom is 0.200 e. The average Bonchev–Trinajstić information content (AvgIpc) is 2.40. The van der Waals surface area contributed by atoms with Crippen LogP contribution in [0.2, 0.25) is 19.6 Å². The normalized spacial score (nSPS) is 12.2. The first-order valence-corrected chi connectivity index (χ1v) is 9.34. The van der Waals surface area contributed by atoms with E-state index in [1.807, 2.05) is 19.6 Å². The van der Waals surface area contributed by atoms with E-state index in [1.54, 1.807) is 0 Å². The summed E-state index contributed by atoms with van der Waals surface area (Å²) in [5.74, 6) is -10.1. The molecule has 0 bridgehead atoms. The van der Waals surface area contributed by atoms with Crippen LogP contribution in [0.5, 0.6) is 0 Å². The van der Waals surface area contributed by atoms with Crippen LogP contribution in [0.4, 0.5) is 22.0 Å². The van der Waals surface area contributed by atoms with Crippen LogP contribution in [-0.2, 0) is 15.9 Å². The third kappa shape index (κ3) is 4.78. The summed E-state index contributed by atoms with van der Waals surface area (Å²) in [6, 6.07) is 0. The Kier molecular flexibility index (Phi) is 5.84. The van der Waals surface area contributed by atoms with Crippen molar-refractivity contribution in [1.82, 2.24) is 0 Å². The fourth-order valence-corrected chi connectivity index (χ4v) is 1.82. The van der Waals surface area contributed by atoms with Gasteiger partial charge in [-0.2, -0.15) is 0 Å². The Labute approximate surface area is 119 Å². The monoisotopic (exact) mass is 327 g/mol. The maximum absolute atomic E-state index is 13.3. The number of nitrogens with zero attached hydrogens (tertiary/aromatic N) is 1. The van der Waals surface area contributed by atoms with Crippen molar-refractivity contribution in [3.63, 3.8) is 0 Å². The van der Waals surface area contributed by atoms with E-state index < -0.39 is 49.6 Å². The highest BCUT2D eigenvalue weighted by atomic mass is 28.4. The first-order chi connectivity index (χ1) is 9.65. The molecule has 0 aliphatic heterocycles. The van der Waals surface area contributed by atoms with Gasteiger partial charge in [-0.3, -0.25) is 0 Å². The average molecular weight is 327 g/mol. The van der Waals surface area contributed by atoms with E-state index in [4.69, 9.17) is 4.43 Å². The van der Waals surface area contributed by atoms with Crippen LogP contribution in [-0.4, -0.2) is 21.1 Å². The molecule has 0 saturated carbocycles. The third-order valence-electron chi connectivity index (χ3n) is 2.25. The fourth-order valence-electron chi connectivity index (χ4n) is 1.25. The number of rotatable bonds is 6. The molecule has 21 heavy (non-hydrogen) atoms. The SMILES string of the molecule is C[Si](C)(C)OC/C=N/OCc1c(F)c(F)c(F)c(F)c1F. The molecule has 118 valence electrons. The molecule has 1 aromatic rings. The van der Waals surface area contributed by atoms with Gasteiger partial charge in [-0.15, -0.1) is 0 Å². The minimum atomic E-state index is -2.21. The molecule has 3 nitrogen and oxygen atoms in total. The summed E-state index contributed by atoms with van der Waals surface area (Å²) in [7, 11) is -1.73. The van der Waals surface area contributed by atoms with Gasteiger partial charge in [-0.25, -0.2) is 22.0 Å². The van der Waals surface area contributed by atoms with E-state index in [1.165, 1.54) is 6.21 Å². The quantitative estimate of drug-likeness (QED) is 0.199. The van der Waals surface area contributed by atoms with Crippen molar-refractivity contribution >= 4 is 14.5 Å². The molecule has 9 heteroatoms. The van der Waals surface area contributed by atoms with Crippen molar-refractivity contribution in [1.29, 1.82) is 0 Å². The molecule has 0 aliphatic rings. The highest BCUT2D eigenvalue weighted by Crippen LogP contribution is 2.23. The van der Waals surface area contributed by atoms with Gasteiger partial charge in [0.2, 0.25) is 5.82 Å². The number of hydrogen-bond acceptors (Lipinski definition) is 3. The van der Waals surface area contributed by atoms with Crippen molar-refractivity contribution in [2.24, 2.45) is 5.16 Å². The molecule has 0 spiro atoms. The molecule has 1 rings (SSSR count). The van der Waals surface area contributed by atoms with Gasteiger partial charge in [0, 0.05) is 0 Å². The highest BCUT2D eigenvalue weighted by molar-refractivity contribution is 6.69. The molecule has 0 fully saturated rings. The summed E-state index contributed by atoms with van der Waals surface area (Å²) in [4.78, 5) is 4.52. The lowest BCUT2D eigenvalue weighted by Gasteiger charge is -2.14. The lowest BCUT2D eigenvalue weighted by atomic mass is 10.2. The second-order valence-corrected chi connectivity index (χ2v) is 9.55. The summed E-state index contributed by atoms with van der Waals surface area (Å²) in [5, 5.41) is 3.33. The smallest absolute Gasteiger partial charge is 0.200 e. The molecule has 1 aromatic carbocycles. The van der Waals surface area contributed by atoms with E-state index in [-0.39, 0.29) is 6.61 Å². The zero-order chi connectivity index (χ0) is 16.2. The van der Waals surface area contributed by atoms with Crippen molar-refractivity contribution in [2.75, 3.05) is 6.61 Å². The van der Waals surface area contributed by atoms with Crippen molar-refractivity contribution < 1.29 is 31.2 Å². The molecule has 0 heterocycles. The lowest BCUT2D eigenvalue weighted by Crippen LogP contribution is -2.26. The largest absolute Gasteiger partial charge is 0.412 e. The number of oxime groups is 1. The topological polar surface area (TPSA) is 30.8 Å². The molecule has 0 N–H and O–H groups in total. The zero-order valence-corrected chi connectivity index (χ0v) is 12.6. The Morgan fingerprint density at radius 1 is 0.905 bits per heavy atom. The molecule has 0 aromatic heterocycles. The first-order valence-electron chi connectivity index (χ1n) is 5.93. The van der Waals surface area contributed by atoms with Gasteiger partial charge in [-0.1, -0.05) is 5.16 Å². The summed E-state index contributed by atoms with van der Waals surface area (Å²) in [5.41, 5.74) is -1.07. The third-order valence-corrected chi connectivity index (χ3v) is 3.28. The Bertz CT molecular complexity index is 516. The molecule has 0 unspecified atom stereocenters. The van der Waals surface area contributed by atoms with E-state index in [9.17, 15) is 22.0 Å². The first kappa shape index (κ1) is 17.6. The summed E-state index contributed by atoms with van der Waals surface area (Å²) >= 11 is 0. The summed E-state index contributed by atoms with van der Waals surface area (Å²) in [6.45, 7) is 5.08. The second kappa shape index (κ2) is 6.99. The summed E-state index contributed by atoms with van der Waals surface area (Å²) < 4.78 is 70.5. The predicted molar refractivity (Wildman–Crippen MR) is 68.8 cm³/mol. The fraction of sp³-hybridized carbons (Fsp3) is 0.417. The van der Waals surface area contributed by atoms with Gasteiger partial charge in [0.15, 0.2) is 31.6 Å². The minimum absolute atomic E-state index is 0.132. The maximum atomic E-state index is 13.3. The van der Waals surface area contributed by atoms with Gasteiger partial charge >= 0.3 is 0 Å². The Morgan fingerprint density at radius 2 is 1.38 bits per heavy atom. The van der Waals surface area contributed by atoms with Crippen molar-refractivity contribution in [2.45, 2.75) is 26.2 Å². The van der Waals surface area contributed by atoms with Crippen LogP contribution in [0, 0.1) is 29.1 Å². The van der Waals surface area contributed by atoms with Gasteiger partial charge in [0.05, 0.1) is 18.4 Å². The van der Waals surface area contributed by atoms with E-state index in [0.717, 1.165) is 0 Å². The van der Waals surface area contributed by atoms with Crippen LogP contribution in [0.15, 0.2) is 5.16 Å². The van der Waals surface area contributed by atoms with Gasteiger partial charge < -0.3 is 9.26 Å². The number of benzene rings is 1. The van der Waals surface area contributed by atoms with Crippen LogP contribution in [0.3, 0.4) is 0 Å². The standard InChI is InChI=1S/C12H14F5NO2Si/c1-21(2,3)20-5-4-18-19-6-7-8(13)10(15)12(17)11(16)9(7)14/h4H,5-6H2,1-3H3/b18-4+. The Balaban J connectivity index is 2.67. The number of hydrogen-bond donors (Lipinski definition) is 0. The lowest BCUT2D eigenvalue weighted by molar-refractivity contribution is 0.123. The van der Waals surface area contributed by atoms with E-state index in [2.05, 4.69) is 9.99 Å². The molecule has 0 radical (unpaired) electrons. The van der Waals surface area contributed by atoms with Gasteiger partial charge in [0.25, 0.3) is 0 Å². The van der Waals surface area contributed by atoms with Gasteiger partial charge in [0.1, 0.15) is 6.61 Å². The van der Waals surface area contributed by atoms with Crippen molar-refractivity contribution in [3.8, 4) is 0 Å². The van der Waals surface area contributed by atoms with Crippen LogP contribution in [0.25, 0.3) is 0 Å². The van der Waals surface area contributed by atoms with Crippen molar-refractivity contribution in [3.05, 3.63) is 34.6 Å². The van der Waals surface area contributed by atoms with Gasteiger partial charge in [-0.05, 0) is 19.6 Å². The molecule has 0 aliphatic carbocycles. The molecular formula is C12H14F5NO2Si. The Hall–Kier alpha value is -1.48. The molecule has 0 atom stereocenters. The predicted octanol–water partition coefficient (Wildman–Crippen LogP) is 3.74.